The van der Waals surface area contributed by atoms with Crippen LogP contribution in [0.5, 0.6) is 0 Å². The Morgan fingerprint density at radius 1 is 0.944 bits per heavy atom. The Labute approximate surface area is 117 Å². The fourth-order valence-corrected chi connectivity index (χ4v) is 2.11. The molecule has 0 heterocycles. The number of methoxy groups -OCH3 is 1. The van der Waals surface area contributed by atoms with E-state index in [2.05, 4.69) is 0 Å². The number of hydrogen-bond acceptors (Lipinski definition) is 1. The second-order valence-electron chi connectivity index (χ2n) is 3.79. The van der Waals surface area contributed by atoms with Gasteiger partial charge in [-0.25, -0.2) is 0 Å². The summed E-state index contributed by atoms with van der Waals surface area (Å²) in [6.07, 6.45) is 1.69. The molecular weight excluding hydrogens is 267 g/mol. The summed E-state index contributed by atoms with van der Waals surface area (Å²) in [5, 5.41) is 1.38. The molecule has 0 radical (unpaired) electrons. The van der Waals surface area contributed by atoms with Crippen molar-refractivity contribution in [1.29, 1.82) is 0 Å². The molecule has 0 saturated heterocycles. The Hall–Kier alpha value is -1.44. The molecule has 92 valence electrons. The third kappa shape index (κ3) is 3.06. The van der Waals surface area contributed by atoms with Gasteiger partial charge in [0.25, 0.3) is 0 Å². The zero-order chi connectivity index (χ0) is 13.0. The van der Waals surface area contributed by atoms with Crippen molar-refractivity contribution in [3.05, 3.63) is 76.0 Å². The first kappa shape index (κ1) is 13.0. The van der Waals surface area contributed by atoms with Gasteiger partial charge in [-0.15, -0.1) is 0 Å². The Morgan fingerprint density at radius 2 is 1.44 bits per heavy atom. The Morgan fingerprint density at radius 3 is 1.83 bits per heavy atom. The maximum Gasteiger partial charge on any atom is 0.0909 e. The van der Waals surface area contributed by atoms with Crippen molar-refractivity contribution < 1.29 is 4.74 Å². The molecule has 0 N–H and O–H groups in total. The zero-order valence-electron chi connectivity index (χ0n) is 9.86. The van der Waals surface area contributed by atoms with Crippen LogP contribution in [0.1, 0.15) is 11.1 Å². The van der Waals surface area contributed by atoms with E-state index in [1.807, 2.05) is 48.5 Å². The van der Waals surface area contributed by atoms with Gasteiger partial charge in [0.1, 0.15) is 0 Å². The second kappa shape index (κ2) is 5.94. The molecule has 0 unspecified atom stereocenters. The molecule has 0 aliphatic heterocycles. The molecule has 0 amide bonds. The maximum atomic E-state index is 6.01. The molecule has 3 heteroatoms. The number of halogens is 2. The molecule has 0 fully saturated rings. The fourth-order valence-electron chi connectivity index (χ4n) is 1.73. The van der Waals surface area contributed by atoms with Gasteiger partial charge in [0.2, 0.25) is 0 Å². The maximum absolute atomic E-state index is 6.01. The minimum Gasteiger partial charge on any atom is -0.504 e. The van der Waals surface area contributed by atoms with Gasteiger partial charge >= 0.3 is 0 Å². The molecule has 1 nitrogen and oxygen atoms in total. The van der Waals surface area contributed by atoms with E-state index in [9.17, 15) is 0 Å². The van der Waals surface area contributed by atoms with Crippen molar-refractivity contribution >= 4 is 28.8 Å². The second-order valence-corrected chi connectivity index (χ2v) is 4.66. The van der Waals surface area contributed by atoms with Gasteiger partial charge in [0, 0.05) is 15.6 Å². The molecule has 0 saturated carbocycles. The average molecular weight is 279 g/mol. The van der Waals surface area contributed by atoms with E-state index in [1.54, 1.807) is 13.4 Å². The van der Waals surface area contributed by atoms with E-state index in [-0.39, 0.29) is 0 Å². The van der Waals surface area contributed by atoms with Crippen LogP contribution in [-0.4, -0.2) is 7.11 Å². The van der Waals surface area contributed by atoms with Crippen LogP contribution in [0.3, 0.4) is 0 Å². The van der Waals surface area contributed by atoms with Gasteiger partial charge in [-0.2, -0.15) is 0 Å². The first-order valence-electron chi connectivity index (χ1n) is 5.45. The smallest absolute Gasteiger partial charge is 0.0909 e. The Kier molecular flexibility index (Phi) is 4.29. The normalized spacial score (nSPS) is 9.94. The van der Waals surface area contributed by atoms with Crippen LogP contribution >= 0.6 is 23.2 Å². The summed E-state index contributed by atoms with van der Waals surface area (Å²) >= 11 is 12.0. The van der Waals surface area contributed by atoms with E-state index in [4.69, 9.17) is 27.9 Å². The van der Waals surface area contributed by atoms with Crippen molar-refractivity contribution in [2.75, 3.05) is 7.11 Å². The molecule has 0 bridgehead atoms. The van der Waals surface area contributed by atoms with E-state index in [0.29, 0.717) is 10.0 Å². The lowest BCUT2D eigenvalue weighted by Gasteiger charge is -2.09. The molecule has 0 aliphatic rings. The quantitative estimate of drug-likeness (QED) is 0.716. The van der Waals surface area contributed by atoms with Crippen LogP contribution in [0.4, 0.5) is 0 Å². The van der Waals surface area contributed by atoms with Crippen LogP contribution in [0, 0.1) is 0 Å². The predicted molar refractivity (Wildman–Crippen MR) is 77.0 cm³/mol. The molecule has 2 rings (SSSR count). The highest BCUT2D eigenvalue weighted by Gasteiger charge is 2.06. The highest BCUT2D eigenvalue weighted by molar-refractivity contribution is 6.31. The van der Waals surface area contributed by atoms with E-state index in [1.165, 1.54) is 0 Å². The zero-order valence-corrected chi connectivity index (χ0v) is 11.4. The van der Waals surface area contributed by atoms with Crippen molar-refractivity contribution in [3.63, 3.8) is 0 Å². The van der Waals surface area contributed by atoms with Gasteiger partial charge in [0.05, 0.1) is 13.4 Å². The SMILES string of the molecule is COC=C(c1cccc(Cl)c1)c1cccc(Cl)c1. The average Bonchev–Trinajstić information content (AvgIpc) is 2.36. The standard InChI is InChI=1S/C15H12Cl2O/c1-18-10-15(11-4-2-6-13(16)8-11)12-5-3-7-14(17)9-12/h2-10H,1H3. The van der Waals surface area contributed by atoms with Crippen molar-refractivity contribution in [2.24, 2.45) is 0 Å². The monoisotopic (exact) mass is 278 g/mol. The van der Waals surface area contributed by atoms with Crippen LogP contribution < -0.4 is 0 Å². The van der Waals surface area contributed by atoms with Gasteiger partial charge in [-0.1, -0.05) is 47.5 Å². The van der Waals surface area contributed by atoms with Crippen LogP contribution in [0.25, 0.3) is 5.57 Å². The van der Waals surface area contributed by atoms with Crippen LogP contribution in [0.15, 0.2) is 54.8 Å². The van der Waals surface area contributed by atoms with E-state index < -0.39 is 0 Å². The van der Waals surface area contributed by atoms with Crippen LogP contribution in [0.2, 0.25) is 10.0 Å². The number of ether oxygens (including phenoxy) is 1. The van der Waals surface area contributed by atoms with E-state index >= 15 is 0 Å². The lowest BCUT2D eigenvalue weighted by Crippen LogP contribution is -1.89. The lowest BCUT2D eigenvalue weighted by molar-refractivity contribution is 0.340. The summed E-state index contributed by atoms with van der Waals surface area (Å²) < 4.78 is 5.14. The summed E-state index contributed by atoms with van der Waals surface area (Å²) in [5.74, 6) is 0. The topological polar surface area (TPSA) is 9.23 Å². The Bertz CT molecular complexity index is 529. The molecule has 2 aromatic rings. The Balaban J connectivity index is 2.50. The summed E-state index contributed by atoms with van der Waals surface area (Å²) in [7, 11) is 1.62. The third-order valence-electron chi connectivity index (χ3n) is 2.51. The largest absolute Gasteiger partial charge is 0.504 e. The number of rotatable bonds is 3. The summed E-state index contributed by atoms with van der Waals surface area (Å²) in [4.78, 5) is 0. The van der Waals surface area contributed by atoms with Gasteiger partial charge in [-0.05, 0) is 35.4 Å². The molecule has 0 aromatic heterocycles. The molecule has 0 aliphatic carbocycles. The van der Waals surface area contributed by atoms with Crippen molar-refractivity contribution in [2.45, 2.75) is 0 Å². The first-order valence-corrected chi connectivity index (χ1v) is 6.21. The molecular formula is C15H12Cl2O. The summed E-state index contributed by atoms with van der Waals surface area (Å²) in [6, 6.07) is 15.3. The molecule has 18 heavy (non-hydrogen) atoms. The van der Waals surface area contributed by atoms with Gasteiger partial charge in [0.15, 0.2) is 0 Å². The highest BCUT2D eigenvalue weighted by Crippen LogP contribution is 2.27. The summed E-state index contributed by atoms with van der Waals surface area (Å²) in [6.45, 7) is 0. The molecule has 0 atom stereocenters. The molecule has 2 aromatic carbocycles. The van der Waals surface area contributed by atoms with Gasteiger partial charge < -0.3 is 4.74 Å². The van der Waals surface area contributed by atoms with Crippen molar-refractivity contribution in [1.82, 2.24) is 0 Å². The number of benzene rings is 2. The molecule has 0 spiro atoms. The van der Waals surface area contributed by atoms with Gasteiger partial charge in [-0.3, -0.25) is 0 Å². The van der Waals surface area contributed by atoms with Crippen LogP contribution in [-0.2, 0) is 4.74 Å². The minimum absolute atomic E-state index is 0.691. The third-order valence-corrected chi connectivity index (χ3v) is 2.98. The lowest BCUT2D eigenvalue weighted by atomic mass is 9.99. The fraction of sp³-hybridized carbons (Fsp3) is 0.0667. The summed E-state index contributed by atoms with van der Waals surface area (Å²) in [5.41, 5.74) is 2.93. The predicted octanol–water partition coefficient (Wildman–Crippen LogP) is 5.03. The minimum atomic E-state index is 0.691. The van der Waals surface area contributed by atoms with E-state index in [0.717, 1.165) is 16.7 Å². The number of hydrogen-bond donors (Lipinski definition) is 0. The first-order chi connectivity index (χ1) is 8.70. The highest BCUT2D eigenvalue weighted by atomic mass is 35.5. The van der Waals surface area contributed by atoms with Crippen molar-refractivity contribution in [3.8, 4) is 0 Å².